The second-order valence-electron chi connectivity index (χ2n) is 7.88. The van der Waals surface area contributed by atoms with E-state index in [-0.39, 0.29) is 5.91 Å². The maximum Gasteiger partial charge on any atom is 0.253 e. The van der Waals surface area contributed by atoms with Crippen molar-refractivity contribution in [3.05, 3.63) is 76.8 Å². The average molecular weight is 420 g/mol. The van der Waals surface area contributed by atoms with Crippen molar-refractivity contribution in [3.63, 3.8) is 0 Å². The summed E-state index contributed by atoms with van der Waals surface area (Å²) in [7, 11) is 0. The van der Waals surface area contributed by atoms with Crippen LogP contribution < -0.4 is 0 Å². The average Bonchev–Trinajstić information content (AvgIpc) is 3.27. The highest BCUT2D eigenvalue weighted by Crippen LogP contribution is 2.25. The van der Waals surface area contributed by atoms with Crippen LogP contribution in [-0.2, 0) is 29.0 Å². The van der Waals surface area contributed by atoms with Gasteiger partial charge >= 0.3 is 0 Å². The van der Waals surface area contributed by atoms with Gasteiger partial charge in [-0.15, -0.1) is 11.3 Å². The molecule has 1 amide bonds. The Labute approximate surface area is 180 Å². The van der Waals surface area contributed by atoms with Gasteiger partial charge in [-0.1, -0.05) is 54.6 Å². The van der Waals surface area contributed by atoms with E-state index in [0.717, 1.165) is 42.3 Å². The van der Waals surface area contributed by atoms with E-state index in [1.54, 1.807) is 11.3 Å². The summed E-state index contributed by atoms with van der Waals surface area (Å²) in [6.07, 6.45) is 0.524. The van der Waals surface area contributed by atoms with Crippen LogP contribution in [0.3, 0.4) is 0 Å². The fourth-order valence-corrected chi connectivity index (χ4v) is 5.02. The van der Waals surface area contributed by atoms with E-state index in [1.165, 1.54) is 11.1 Å². The molecule has 0 N–H and O–H groups in total. The summed E-state index contributed by atoms with van der Waals surface area (Å²) in [5.41, 5.74) is 4.80. The Morgan fingerprint density at radius 2 is 1.87 bits per heavy atom. The van der Waals surface area contributed by atoms with Gasteiger partial charge in [-0.05, 0) is 17.5 Å². The Bertz CT molecular complexity index is 1020. The highest BCUT2D eigenvalue weighted by molar-refractivity contribution is 7.13. The zero-order valence-corrected chi connectivity index (χ0v) is 17.7. The van der Waals surface area contributed by atoms with Crippen LogP contribution in [0.1, 0.15) is 16.8 Å². The Morgan fingerprint density at radius 3 is 2.73 bits per heavy atom. The minimum absolute atomic E-state index is 0.109. The predicted octanol–water partition coefficient (Wildman–Crippen LogP) is 3.60. The topological polar surface area (TPSA) is 45.7 Å². The molecule has 1 unspecified atom stereocenters. The second kappa shape index (κ2) is 8.68. The van der Waals surface area contributed by atoms with Gasteiger partial charge in [0.2, 0.25) is 0 Å². The summed E-state index contributed by atoms with van der Waals surface area (Å²) < 4.78 is 5.87. The Balaban J connectivity index is 1.21. The highest BCUT2D eigenvalue weighted by Gasteiger charge is 2.32. The molecule has 0 aliphatic carbocycles. The molecular weight excluding hydrogens is 394 g/mol. The molecule has 5 rings (SSSR count). The first-order chi connectivity index (χ1) is 14.8. The Morgan fingerprint density at radius 1 is 1.07 bits per heavy atom. The minimum Gasteiger partial charge on any atom is -0.366 e. The van der Waals surface area contributed by atoms with Crippen molar-refractivity contribution in [2.24, 2.45) is 0 Å². The van der Waals surface area contributed by atoms with E-state index >= 15 is 0 Å². The van der Waals surface area contributed by atoms with Crippen molar-refractivity contribution in [2.45, 2.75) is 25.6 Å². The molecular formula is C24H25N3O2S. The predicted molar refractivity (Wildman–Crippen MR) is 118 cm³/mol. The van der Waals surface area contributed by atoms with Gasteiger partial charge in [0.05, 0.1) is 12.3 Å². The molecule has 0 bridgehead atoms. The molecule has 1 atom stereocenters. The fraction of sp³-hybridized carbons (Fsp3) is 0.333. The maximum atomic E-state index is 13.1. The number of ether oxygens (including phenoxy) is 1. The molecule has 5 nitrogen and oxygen atoms in total. The summed E-state index contributed by atoms with van der Waals surface area (Å²) in [4.78, 5) is 22.1. The Kier molecular flexibility index (Phi) is 5.62. The number of amides is 1. The smallest absolute Gasteiger partial charge is 0.253 e. The number of fused-ring (bicyclic) bond motifs is 1. The van der Waals surface area contributed by atoms with Crippen molar-refractivity contribution in [3.8, 4) is 10.6 Å². The molecule has 6 heteroatoms. The summed E-state index contributed by atoms with van der Waals surface area (Å²) in [6, 6.07) is 18.7. The van der Waals surface area contributed by atoms with Gasteiger partial charge in [0.25, 0.3) is 5.91 Å². The van der Waals surface area contributed by atoms with Gasteiger partial charge in [-0.3, -0.25) is 9.69 Å². The molecule has 2 aromatic carbocycles. The summed E-state index contributed by atoms with van der Waals surface area (Å²) >= 11 is 1.67. The van der Waals surface area contributed by atoms with Crippen LogP contribution in [0.4, 0.5) is 0 Å². The molecule has 0 saturated carbocycles. The summed E-state index contributed by atoms with van der Waals surface area (Å²) in [5.74, 6) is 0.109. The number of aromatic nitrogens is 1. The number of morpholine rings is 1. The first-order valence-corrected chi connectivity index (χ1v) is 11.3. The van der Waals surface area contributed by atoms with Crippen LogP contribution in [0.25, 0.3) is 10.6 Å². The van der Waals surface area contributed by atoms with E-state index in [0.29, 0.717) is 19.7 Å². The van der Waals surface area contributed by atoms with Gasteiger partial charge in [0.1, 0.15) is 11.1 Å². The highest BCUT2D eigenvalue weighted by atomic mass is 32.1. The van der Waals surface area contributed by atoms with E-state index in [2.05, 4.69) is 40.6 Å². The van der Waals surface area contributed by atoms with Gasteiger partial charge in [-0.25, -0.2) is 4.98 Å². The summed E-state index contributed by atoms with van der Waals surface area (Å²) in [5, 5.41) is 3.16. The van der Waals surface area contributed by atoms with Crippen LogP contribution in [0.2, 0.25) is 0 Å². The van der Waals surface area contributed by atoms with Crippen molar-refractivity contribution in [1.29, 1.82) is 0 Å². The molecule has 1 aromatic heterocycles. The number of hydrogen-bond donors (Lipinski definition) is 0. The molecule has 1 saturated heterocycles. The van der Waals surface area contributed by atoms with E-state index in [4.69, 9.17) is 9.72 Å². The molecule has 0 spiro atoms. The van der Waals surface area contributed by atoms with Gasteiger partial charge in [0.15, 0.2) is 0 Å². The van der Waals surface area contributed by atoms with Crippen molar-refractivity contribution >= 4 is 17.2 Å². The second-order valence-corrected chi connectivity index (χ2v) is 8.74. The standard InChI is InChI=1S/C24H25N3O2S/c28-24(27-11-10-18-6-4-5-9-20(18)14-27)22-16-26(12-13-29-22)15-21-17-30-23(25-21)19-7-2-1-3-8-19/h1-9,17,22H,10-16H2. The maximum absolute atomic E-state index is 13.1. The number of nitrogens with zero attached hydrogens (tertiary/aromatic N) is 3. The van der Waals surface area contributed by atoms with Gasteiger partial charge in [0, 0.05) is 43.7 Å². The minimum atomic E-state index is -0.392. The first-order valence-electron chi connectivity index (χ1n) is 10.5. The number of rotatable bonds is 4. The van der Waals surface area contributed by atoms with Crippen molar-refractivity contribution in [1.82, 2.24) is 14.8 Å². The largest absolute Gasteiger partial charge is 0.366 e. The number of thiazole rings is 1. The third kappa shape index (κ3) is 4.17. The van der Waals surface area contributed by atoms with Crippen molar-refractivity contribution in [2.75, 3.05) is 26.2 Å². The van der Waals surface area contributed by atoms with Gasteiger partial charge in [-0.2, -0.15) is 0 Å². The normalized spacial score (nSPS) is 19.5. The van der Waals surface area contributed by atoms with Crippen LogP contribution in [0.15, 0.2) is 60.0 Å². The van der Waals surface area contributed by atoms with Gasteiger partial charge < -0.3 is 9.64 Å². The van der Waals surface area contributed by atoms with Crippen LogP contribution in [0.5, 0.6) is 0 Å². The molecule has 3 heterocycles. The number of hydrogen-bond acceptors (Lipinski definition) is 5. The molecule has 154 valence electrons. The van der Waals surface area contributed by atoms with Crippen LogP contribution in [-0.4, -0.2) is 53.0 Å². The SMILES string of the molecule is O=C(C1CN(Cc2csc(-c3ccccc3)n2)CCO1)N1CCc2ccccc2C1. The molecule has 3 aromatic rings. The zero-order chi connectivity index (χ0) is 20.3. The lowest BCUT2D eigenvalue weighted by Crippen LogP contribution is -2.51. The lowest BCUT2D eigenvalue weighted by molar-refractivity contribution is -0.150. The first kappa shape index (κ1) is 19.4. The van der Waals surface area contributed by atoms with E-state index < -0.39 is 6.10 Å². The molecule has 2 aliphatic heterocycles. The monoisotopic (exact) mass is 419 g/mol. The molecule has 0 radical (unpaired) electrons. The van der Waals surface area contributed by atoms with Crippen molar-refractivity contribution < 1.29 is 9.53 Å². The number of benzene rings is 2. The molecule has 30 heavy (non-hydrogen) atoms. The quantitative estimate of drug-likeness (QED) is 0.648. The number of carbonyl (C=O) groups excluding carboxylic acids is 1. The fourth-order valence-electron chi connectivity index (χ4n) is 4.21. The van der Waals surface area contributed by atoms with E-state index in [9.17, 15) is 4.79 Å². The zero-order valence-electron chi connectivity index (χ0n) is 16.9. The summed E-state index contributed by atoms with van der Waals surface area (Å²) in [6.45, 7) is 4.22. The lowest BCUT2D eigenvalue weighted by Gasteiger charge is -2.36. The molecule has 2 aliphatic rings. The van der Waals surface area contributed by atoms with Crippen LogP contribution in [0, 0.1) is 0 Å². The van der Waals surface area contributed by atoms with Crippen LogP contribution >= 0.6 is 11.3 Å². The lowest BCUT2D eigenvalue weighted by atomic mass is 9.99. The third-order valence-electron chi connectivity index (χ3n) is 5.83. The third-order valence-corrected chi connectivity index (χ3v) is 6.77. The number of carbonyl (C=O) groups is 1. The van der Waals surface area contributed by atoms with E-state index in [1.807, 2.05) is 29.2 Å². The Hall–Kier alpha value is -2.54. The molecule has 1 fully saturated rings.